The third-order valence-corrected chi connectivity index (χ3v) is 6.33. The molecule has 1 aliphatic carbocycles. The van der Waals surface area contributed by atoms with E-state index in [0.29, 0.717) is 5.41 Å². The van der Waals surface area contributed by atoms with E-state index < -0.39 is 0 Å². The molecule has 3 unspecified atom stereocenters. The van der Waals surface area contributed by atoms with E-state index in [2.05, 4.69) is 58.6 Å². The maximum Gasteiger partial charge on any atom is 0.0206 e. The minimum atomic E-state index is 0.519. The molecule has 0 spiro atoms. The lowest BCUT2D eigenvalue weighted by molar-refractivity contribution is 0.141. The Bertz CT molecular complexity index is 250. The predicted octanol–water partition coefficient (Wildman–Crippen LogP) is 5.10. The van der Waals surface area contributed by atoms with Crippen LogP contribution in [0, 0.1) is 11.3 Å². The van der Waals surface area contributed by atoms with Gasteiger partial charge in [-0.1, -0.05) is 48.0 Å². The van der Waals surface area contributed by atoms with E-state index in [1.165, 1.54) is 38.6 Å². The van der Waals surface area contributed by atoms with E-state index in [1.807, 2.05) is 0 Å². The predicted molar refractivity (Wildman–Crippen MR) is 90.0 cm³/mol. The van der Waals surface area contributed by atoms with E-state index >= 15 is 0 Å². The zero-order valence-electron chi connectivity index (χ0n) is 14.0. The summed E-state index contributed by atoms with van der Waals surface area (Å²) in [5.74, 6) is 0.911. The normalized spacial score (nSPS) is 28.9. The molecule has 3 atom stereocenters. The summed E-state index contributed by atoms with van der Waals surface area (Å²) in [6.45, 7) is 15.4. The van der Waals surface area contributed by atoms with Crippen LogP contribution in [-0.4, -0.2) is 23.1 Å². The molecular formula is C17H35NS. The molecule has 1 N–H and O–H groups in total. The Hall–Kier alpha value is 0.310. The quantitative estimate of drug-likeness (QED) is 0.698. The molecule has 0 heterocycles. The lowest BCUT2D eigenvalue weighted by Crippen LogP contribution is -2.45. The molecule has 0 aromatic rings. The molecule has 19 heavy (non-hydrogen) atoms. The first-order valence-electron chi connectivity index (χ1n) is 8.29. The third kappa shape index (κ3) is 5.30. The lowest BCUT2D eigenvalue weighted by atomic mass is 9.68. The monoisotopic (exact) mass is 285 g/mol. The molecule has 0 radical (unpaired) electrons. The summed E-state index contributed by atoms with van der Waals surface area (Å²) in [6.07, 6.45) is 6.75. The van der Waals surface area contributed by atoms with Gasteiger partial charge in [0.25, 0.3) is 0 Å². The van der Waals surface area contributed by atoms with Gasteiger partial charge in [0.2, 0.25) is 0 Å². The second-order valence-electron chi connectivity index (χ2n) is 7.14. The molecule has 0 aromatic carbocycles. The summed E-state index contributed by atoms with van der Waals surface area (Å²) in [5.41, 5.74) is 0.519. The molecule has 1 fully saturated rings. The van der Waals surface area contributed by atoms with Crippen LogP contribution in [0.25, 0.3) is 0 Å². The highest BCUT2D eigenvalue weighted by Crippen LogP contribution is 2.44. The molecule has 0 bridgehead atoms. The third-order valence-electron chi connectivity index (χ3n) is 4.91. The van der Waals surface area contributed by atoms with Gasteiger partial charge in [-0.3, -0.25) is 0 Å². The Balaban J connectivity index is 2.64. The van der Waals surface area contributed by atoms with Gasteiger partial charge >= 0.3 is 0 Å². The minimum absolute atomic E-state index is 0.519. The van der Waals surface area contributed by atoms with Crippen LogP contribution in [0.1, 0.15) is 73.6 Å². The first kappa shape index (κ1) is 17.4. The van der Waals surface area contributed by atoms with Crippen molar-refractivity contribution >= 4 is 11.8 Å². The second kappa shape index (κ2) is 7.93. The van der Waals surface area contributed by atoms with E-state index in [0.717, 1.165) is 22.5 Å². The Morgan fingerprint density at radius 2 is 1.89 bits per heavy atom. The molecule has 114 valence electrons. The maximum atomic E-state index is 3.80. The van der Waals surface area contributed by atoms with Crippen LogP contribution in [0.4, 0.5) is 0 Å². The Kier molecular flexibility index (Phi) is 7.24. The van der Waals surface area contributed by atoms with Crippen LogP contribution in [0.15, 0.2) is 0 Å². The molecule has 0 saturated heterocycles. The summed E-state index contributed by atoms with van der Waals surface area (Å²) in [4.78, 5) is 0. The topological polar surface area (TPSA) is 12.0 Å². The van der Waals surface area contributed by atoms with E-state index in [9.17, 15) is 0 Å². The molecule has 1 aliphatic rings. The summed E-state index contributed by atoms with van der Waals surface area (Å²) in [6, 6.07) is 0.747. The molecule has 1 rings (SSSR count). The fraction of sp³-hybridized carbons (Fsp3) is 1.00. The summed E-state index contributed by atoms with van der Waals surface area (Å²) in [7, 11) is 0. The highest BCUT2D eigenvalue weighted by Gasteiger charge is 2.37. The molecule has 0 amide bonds. The van der Waals surface area contributed by atoms with Gasteiger partial charge in [0.1, 0.15) is 0 Å². The molecule has 2 heteroatoms. The first-order valence-corrected chi connectivity index (χ1v) is 9.23. The average molecular weight is 286 g/mol. The van der Waals surface area contributed by atoms with Crippen LogP contribution >= 0.6 is 11.8 Å². The van der Waals surface area contributed by atoms with Gasteiger partial charge in [0, 0.05) is 11.3 Å². The van der Waals surface area contributed by atoms with Crippen molar-refractivity contribution in [3.63, 3.8) is 0 Å². The number of nitrogens with one attached hydrogen (secondary N) is 1. The zero-order valence-corrected chi connectivity index (χ0v) is 14.8. The zero-order chi connectivity index (χ0) is 14.5. The fourth-order valence-electron chi connectivity index (χ4n) is 3.19. The highest BCUT2D eigenvalue weighted by molar-refractivity contribution is 8.00. The van der Waals surface area contributed by atoms with Gasteiger partial charge in [-0.2, -0.15) is 11.8 Å². The van der Waals surface area contributed by atoms with Gasteiger partial charge in [0.15, 0.2) is 0 Å². The second-order valence-corrected chi connectivity index (χ2v) is 8.96. The van der Waals surface area contributed by atoms with Crippen molar-refractivity contribution in [2.75, 3.05) is 6.54 Å². The summed E-state index contributed by atoms with van der Waals surface area (Å²) < 4.78 is 0. The minimum Gasteiger partial charge on any atom is -0.313 e. The Morgan fingerprint density at radius 1 is 1.21 bits per heavy atom. The van der Waals surface area contributed by atoms with Crippen molar-refractivity contribution in [3.05, 3.63) is 0 Å². The van der Waals surface area contributed by atoms with E-state index in [4.69, 9.17) is 0 Å². The number of rotatable bonds is 7. The summed E-state index contributed by atoms with van der Waals surface area (Å²) in [5, 5.41) is 5.36. The van der Waals surface area contributed by atoms with Gasteiger partial charge in [0.05, 0.1) is 0 Å². The molecule has 0 aliphatic heterocycles. The van der Waals surface area contributed by atoms with Crippen LogP contribution < -0.4 is 5.32 Å². The number of hydrogen-bond acceptors (Lipinski definition) is 2. The fourth-order valence-corrected chi connectivity index (χ4v) is 4.66. The van der Waals surface area contributed by atoms with Crippen molar-refractivity contribution in [2.24, 2.45) is 11.3 Å². The van der Waals surface area contributed by atoms with Crippen molar-refractivity contribution in [1.29, 1.82) is 0 Å². The molecule has 1 nitrogen and oxygen atoms in total. The average Bonchev–Trinajstić information content (AvgIpc) is 2.36. The van der Waals surface area contributed by atoms with Gasteiger partial charge in [-0.25, -0.2) is 0 Å². The number of hydrogen-bond donors (Lipinski definition) is 1. The maximum absolute atomic E-state index is 3.80. The van der Waals surface area contributed by atoms with E-state index in [-0.39, 0.29) is 0 Å². The molecule has 0 aromatic heterocycles. The van der Waals surface area contributed by atoms with Gasteiger partial charge in [-0.15, -0.1) is 0 Å². The number of thioether (sulfide) groups is 1. The lowest BCUT2D eigenvalue weighted by Gasteiger charge is -2.43. The highest BCUT2D eigenvalue weighted by atomic mass is 32.2. The van der Waals surface area contributed by atoms with Crippen molar-refractivity contribution in [3.8, 4) is 0 Å². The SMILES string of the molecule is CCCNC1CCC(C(C)(C)CC)CC1SC(C)C. The van der Waals surface area contributed by atoms with E-state index in [1.54, 1.807) is 0 Å². The van der Waals surface area contributed by atoms with Crippen LogP contribution in [-0.2, 0) is 0 Å². The van der Waals surface area contributed by atoms with Crippen LogP contribution in [0.3, 0.4) is 0 Å². The van der Waals surface area contributed by atoms with Crippen molar-refractivity contribution < 1.29 is 0 Å². The Morgan fingerprint density at radius 3 is 2.42 bits per heavy atom. The van der Waals surface area contributed by atoms with Crippen molar-refractivity contribution in [2.45, 2.75) is 90.2 Å². The van der Waals surface area contributed by atoms with Crippen LogP contribution in [0.2, 0.25) is 0 Å². The molecule has 1 saturated carbocycles. The largest absolute Gasteiger partial charge is 0.313 e. The van der Waals surface area contributed by atoms with Gasteiger partial charge < -0.3 is 5.32 Å². The van der Waals surface area contributed by atoms with Crippen molar-refractivity contribution in [1.82, 2.24) is 5.32 Å². The first-order chi connectivity index (χ1) is 8.90. The van der Waals surface area contributed by atoms with Gasteiger partial charge in [-0.05, 0) is 48.8 Å². The molecular weight excluding hydrogens is 250 g/mol. The standard InChI is InChI=1S/C17H35NS/c1-7-11-18-15-10-9-14(17(5,6)8-2)12-16(15)19-13(3)4/h13-16,18H,7-12H2,1-6H3. The smallest absolute Gasteiger partial charge is 0.0206 e. The Labute approximate surface area is 125 Å². The summed E-state index contributed by atoms with van der Waals surface area (Å²) >= 11 is 2.20. The van der Waals surface area contributed by atoms with Crippen LogP contribution in [0.5, 0.6) is 0 Å².